The summed E-state index contributed by atoms with van der Waals surface area (Å²) in [6.45, 7) is 0.358. The van der Waals surface area contributed by atoms with Crippen molar-refractivity contribution in [3.8, 4) is 30.4 Å². The Morgan fingerprint density at radius 2 is 2.00 bits per heavy atom. The summed E-state index contributed by atoms with van der Waals surface area (Å²) in [4.78, 5) is 11.9. The largest absolute Gasteiger partial charge is 0.480 e. The number of nitrogens with zero attached hydrogens (tertiary/aromatic N) is 1. The van der Waals surface area contributed by atoms with Crippen LogP contribution in [-0.2, 0) is 6.54 Å². The van der Waals surface area contributed by atoms with Gasteiger partial charge in [-0.1, -0.05) is 24.0 Å². The summed E-state index contributed by atoms with van der Waals surface area (Å²) in [5.74, 6) is 5.33. The zero-order chi connectivity index (χ0) is 13.0. The molecule has 1 aromatic heterocycles. The van der Waals surface area contributed by atoms with E-state index >= 15 is 0 Å². The molecule has 1 heterocycles. The van der Waals surface area contributed by atoms with E-state index in [9.17, 15) is 4.79 Å². The van der Waals surface area contributed by atoms with Crippen molar-refractivity contribution in [3.05, 3.63) is 40.7 Å². The molecular weight excluding hydrogens is 226 g/mol. The van der Waals surface area contributed by atoms with Gasteiger partial charge in [0.05, 0.1) is 12.1 Å². The highest BCUT2D eigenvalue weighted by molar-refractivity contribution is 5.85. The zero-order valence-electron chi connectivity index (χ0n) is 9.72. The number of hydrogen-bond acceptors (Lipinski definition) is 2. The predicted molar refractivity (Wildman–Crippen MR) is 71.4 cm³/mol. The Morgan fingerprint density at radius 1 is 1.22 bits per heavy atom. The van der Waals surface area contributed by atoms with Crippen molar-refractivity contribution in [1.82, 2.24) is 4.57 Å². The molecule has 0 atom stereocenters. The van der Waals surface area contributed by atoms with Crippen molar-refractivity contribution in [3.63, 3.8) is 0 Å². The van der Waals surface area contributed by atoms with E-state index in [0.29, 0.717) is 5.75 Å². The van der Waals surface area contributed by atoms with E-state index in [1.165, 1.54) is 10.6 Å². The number of rotatable bonds is 3. The van der Waals surface area contributed by atoms with Crippen molar-refractivity contribution in [1.29, 1.82) is 0 Å². The van der Waals surface area contributed by atoms with Gasteiger partial charge in [0.1, 0.15) is 12.4 Å². The molecule has 0 bridgehead atoms. The highest BCUT2D eigenvalue weighted by Crippen LogP contribution is 2.23. The number of para-hydroxylation sites is 1. The number of pyridine rings is 1. The lowest BCUT2D eigenvalue weighted by molar-refractivity contribution is 0.373. The number of terminal acetylenes is 2. The molecule has 0 aliphatic heterocycles. The Labute approximate surface area is 105 Å². The third-order valence-electron chi connectivity index (χ3n) is 2.54. The number of aromatic nitrogens is 1. The van der Waals surface area contributed by atoms with Crippen LogP contribution >= 0.6 is 0 Å². The number of fused-ring (bicyclic) bond motifs is 1. The van der Waals surface area contributed by atoms with E-state index < -0.39 is 0 Å². The minimum Gasteiger partial charge on any atom is -0.480 e. The van der Waals surface area contributed by atoms with Gasteiger partial charge in [0, 0.05) is 11.5 Å². The van der Waals surface area contributed by atoms with E-state index in [2.05, 4.69) is 11.8 Å². The van der Waals surface area contributed by atoms with Gasteiger partial charge in [-0.3, -0.25) is 9.36 Å². The summed E-state index contributed by atoms with van der Waals surface area (Å²) < 4.78 is 6.91. The van der Waals surface area contributed by atoms with Crippen LogP contribution in [0.1, 0.15) is 0 Å². The Morgan fingerprint density at radius 3 is 2.72 bits per heavy atom. The first-order valence-corrected chi connectivity index (χ1v) is 5.40. The van der Waals surface area contributed by atoms with Crippen LogP contribution in [0.15, 0.2) is 35.1 Å². The van der Waals surface area contributed by atoms with Crippen molar-refractivity contribution < 1.29 is 4.74 Å². The Kier molecular flexibility index (Phi) is 3.36. The molecule has 0 unspecified atom stereocenters. The molecule has 0 radical (unpaired) electrons. The minimum absolute atomic E-state index is 0.128. The van der Waals surface area contributed by atoms with Gasteiger partial charge in [0.2, 0.25) is 0 Å². The van der Waals surface area contributed by atoms with E-state index in [1.807, 2.05) is 24.3 Å². The van der Waals surface area contributed by atoms with Crippen LogP contribution in [0.2, 0.25) is 0 Å². The molecule has 2 rings (SSSR count). The topological polar surface area (TPSA) is 31.2 Å². The molecule has 0 fully saturated rings. The molecule has 1 aromatic carbocycles. The number of hydrogen-bond donors (Lipinski definition) is 0. The molecule has 88 valence electrons. The van der Waals surface area contributed by atoms with Gasteiger partial charge in [-0.2, -0.15) is 0 Å². The van der Waals surface area contributed by atoms with Gasteiger partial charge in [-0.15, -0.1) is 12.8 Å². The first kappa shape index (κ1) is 11.8. The lowest BCUT2D eigenvalue weighted by atomic mass is 10.2. The second-order valence-electron chi connectivity index (χ2n) is 3.65. The van der Waals surface area contributed by atoms with Crippen LogP contribution in [-0.4, -0.2) is 11.2 Å². The molecule has 0 amide bonds. The summed E-state index contributed by atoms with van der Waals surface area (Å²) in [6, 6.07) is 8.83. The van der Waals surface area contributed by atoms with Crippen LogP contribution in [0, 0.1) is 24.7 Å². The van der Waals surface area contributed by atoms with Crippen molar-refractivity contribution >= 4 is 10.9 Å². The fourth-order valence-electron chi connectivity index (χ4n) is 1.80. The molecule has 2 aromatic rings. The second-order valence-corrected chi connectivity index (χ2v) is 3.65. The lowest BCUT2D eigenvalue weighted by Gasteiger charge is -2.11. The van der Waals surface area contributed by atoms with Crippen LogP contribution < -0.4 is 10.3 Å². The highest BCUT2D eigenvalue weighted by atomic mass is 16.5. The molecule has 0 aliphatic carbocycles. The highest BCUT2D eigenvalue weighted by Gasteiger charge is 2.08. The average Bonchev–Trinajstić information content (AvgIpc) is 2.40. The van der Waals surface area contributed by atoms with Crippen LogP contribution in [0.25, 0.3) is 10.9 Å². The zero-order valence-corrected chi connectivity index (χ0v) is 9.72. The van der Waals surface area contributed by atoms with Gasteiger partial charge in [0.15, 0.2) is 0 Å². The number of ether oxygens (including phenoxy) is 1. The van der Waals surface area contributed by atoms with Gasteiger partial charge >= 0.3 is 0 Å². The van der Waals surface area contributed by atoms with E-state index in [0.717, 1.165) is 10.9 Å². The van der Waals surface area contributed by atoms with Gasteiger partial charge in [-0.05, 0) is 12.1 Å². The maximum absolute atomic E-state index is 11.9. The third kappa shape index (κ3) is 2.07. The molecule has 0 spiro atoms. The van der Waals surface area contributed by atoms with Gasteiger partial charge in [-0.25, -0.2) is 0 Å². The van der Waals surface area contributed by atoms with E-state index in [4.69, 9.17) is 17.6 Å². The fraction of sp³-hybridized carbons (Fsp3) is 0.133. The Balaban J connectivity index is 2.70. The molecule has 3 heteroatoms. The predicted octanol–water partition coefficient (Wildman–Crippen LogP) is 1.65. The van der Waals surface area contributed by atoms with Crippen molar-refractivity contribution in [2.75, 3.05) is 6.61 Å². The molecule has 18 heavy (non-hydrogen) atoms. The van der Waals surface area contributed by atoms with Gasteiger partial charge < -0.3 is 4.74 Å². The van der Waals surface area contributed by atoms with Crippen molar-refractivity contribution in [2.45, 2.75) is 6.54 Å². The Hall–Kier alpha value is -2.65. The fourth-order valence-corrected chi connectivity index (χ4v) is 1.80. The standard InChI is InChI=1S/C15H11NO2/c1-3-9-16-13-8-6-5-7-12(13)14(11-15(16)17)18-10-4-2/h1-2,5-8,11H,9-10H2. The Bertz CT molecular complexity index is 714. The quantitative estimate of drug-likeness (QED) is 0.760. The number of benzene rings is 1. The van der Waals surface area contributed by atoms with Gasteiger partial charge in [0.25, 0.3) is 5.56 Å². The van der Waals surface area contributed by atoms with Crippen LogP contribution in [0.5, 0.6) is 5.75 Å². The average molecular weight is 237 g/mol. The first-order chi connectivity index (χ1) is 8.77. The molecule has 3 nitrogen and oxygen atoms in total. The summed E-state index contributed by atoms with van der Waals surface area (Å²) >= 11 is 0. The molecule has 0 saturated carbocycles. The molecule has 0 N–H and O–H groups in total. The maximum Gasteiger partial charge on any atom is 0.255 e. The third-order valence-corrected chi connectivity index (χ3v) is 2.54. The van der Waals surface area contributed by atoms with Crippen LogP contribution in [0.4, 0.5) is 0 Å². The monoisotopic (exact) mass is 237 g/mol. The summed E-state index contributed by atoms with van der Waals surface area (Å²) in [5.41, 5.74) is 0.550. The molecule has 0 saturated heterocycles. The lowest BCUT2D eigenvalue weighted by Crippen LogP contribution is -2.19. The summed E-state index contributed by atoms with van der Waals surface area (Å²) in [6.07, 6.45) is 10.4. The minimum atomic E-state index is -0.196. The maximum atomic E-state index is 11.9. The SMILES string of the molecule is C#CCOc1cc(=O)n(CC#C)c2ccccc12. The van der Waals surface area contributed by atoms with Crippen LogP contribution in [0.3, 0.4) is 0 Å². The normalized spacial score (nSPS) is 9.67. The molecule has 0 aliphatic rings. The van der Waals surface area contributed by atoms with E-state index in [-0.39, 0.29) is 18.7 Å². The van der Waals surface area contributed by atoms with Crippen molar-refractivity contribution in [2.24, 2.45) is 0 Å². The first-order valence-electron chi connectivity index (χ1n) is 5.40. The summed E-state index contributed by atoms with van der Waals surface area (Å²) in [7, 11) is 0. The second kappa shape index (κ2) is 5.12. The summed E-state index contributed by atoms with van der Waals surface area (Å²) in [5, 5.41) is 0.822. The smallest absolute Gasteiger partial charge is 0.255 e. The molecular formula is C15H11NO2. The van der Waals surface area contributed by atoms with E-state index in [1.54, 1.807) is 0 Å².